The van der Waals surface area contributed by atoms with E-state index in [0.29, 0.717) is 29.9 Å². The Morgan fingerprint density at radius 2 is 1.82 bits per heavy atom. The summed E-state index contributed by atoms with van der Waals surface area (Å²) in [5.41, 5.74) is 4.98. The molecule has 1 N–H and O–H groups in total. The molecule has 6 heteroatoms. The van der Waals surface area contributed by atoms with Crippen LogP contribution in [-0.2, 0) is 19.5 Å². The largest absolute Gasteiger partial charge is 0.352 e. The molecule has 136 valence electrons. The van der Waals surface area contributed by atoms with Gasteiger partial charge in [0.05, 0.1) is 18.4 Å². The van der Waals surface area contributed by atoms with Crippen molar-refractivity contribution >= 4 is 21.9 Å². The van der Waals surface area contributed by atoms with Crippen molar-refractivity contribution < 1.29 is 0 Å². The van der Waals surface area contributed by atoms with Gasteiger partial charge in [0.25, 0.3) is 5.56 Å². The Hall–Kier alpha value is -3.67. The second-order valence-corrected chi connectivity index (χ2v) is 7.19. The second-order valence-electron chi connectivity index (χ2n) is 7.19. The Kier molecular flexibility index (Phi) is 3.11. The van der Waals surface area contributed by atoms with E-state index in [1.165, 1.54) is 10.9 Å². The van der Waals surface area contributed by atoms with Gasteiger partial charge < -0.3 is 4.98 Å². The molecule has 0 saturated heterocycles. The first-order valence-electron chi connectivity index (χ1n) is 9.40. The van der Waals surface area contributed by atoms with E-state index in [9.17, 15) is 4.79 Å². The number of fused-ring (bicyclic) bond motifs is 6. The molecular formula is C22H17N5O. The summed E-state index contributed by atoms with van der Waals surface area (Å²) in [6, 6.07) is 18.3. The monoisotopic (exact) mass is 367 g/mol. The van der Waals surface area contributed by atoms with Crippen LogP contribution in [0.5, 0.6) is 0 Å². The van der Waals surface area contributed by atoms with Crippen molar-refractivity contribution in [2.24, 2.45) is 0 Å². The SMILES string of the molecule is O=c1c2cnn(Cc3ccccc3)c2nc2n1CCc1c-2[nH]c2ccccc12. The fourth-order valence-corrected chi connectivity index (χ4v) is 4.19. The number of aromatic nitrogens is 5. The molecule has 0 radical (unpaired) electrons. The number of hydrogen-bond acceptors (Lipinski definition) is 3. The number of aromatic amines is 1. The molecule has 0 amide bonds. The predicted molar refractivity (Wildman–Crippen MR) is 108 cm³/mol. The molecule has 3 aromatic heterocycles. The Bertz CT molecular complexity index is 1410. The van der Waals surface area contributed by atoms with Crippen LogP contribution in [0.1, 0.15) is 11.1 Å². The van der Waals surface area contributed by atoms with Gasteiger partial charge in [0.1, 0.15) is 5.39 Å². The Balaban J connectivity index is 1.59. The number of benzene rings is 2. The van der Waals surface area contributed by atoms with Crippen molar-refractivity contribution in [3.63, 3.8) is 0 Å². The quantitative estimate of drug-likeness (QED) is 0.520. The van der Waals surface area contributed by atoms with Gasteiger partial charge in [0, 0.05) is 17.4 Å². The van der Waals surface area contributed by atoms with Crippen LogP contribution >= 0.6 is 0 Å². The van der Waals surface area contributed by atoms with E-state index in [0.717, 1.165) is 23.2 Å². The number of nitrogens with zero attached hydrogens (tertiary/aromatic N) is 4. The molecule has 0 spiro atoms. The summed E-state index contributed by atoms with van der Waals surface area (Å²) in [6.07, 6.45) is 2.46. The molecule has 5 aromatic rings. The van der Waals surface area contributed by atoms with Gasteiger partial charge in [-0.15, -0.1) is 0 Å². The van der Waals surface area contributed by atoms with Gasteiger partial charge in [-0.3, -0.25) is 9.36 Å². The summed E-state index contributed by atoms with van der Waals surface area (Å²) in [5, 5.41) is 6.23. The zero-order chi connectivity index (χ0) is 18.7. The smallest absolute Gasteiger partial charge is 0.264 e. The van der Waals surface area contributed by atoms with E-state index >= 15 is 0 Å². The number of hydrogen-bond donors (Lipinski definition) is 1. The zero-order valence-electron chi connectivity index (χ0n) is 15.1. The van der Waals surface area contributed by atoms with E-state index in [-0.39, 0.29) is 5.56 Å². The van der Waals surface area contributed by atoms with Crippen molar-refractivity contribution in [1.29, 1.82) is 0 Å². The lowest BCUT2D eigenvalue weighted by Crippen LogP contribution is -2.27. The van der Waals surface area contributed by atoms with Crippen LogP contribution in [0.15, 0.2) is 65.6 Å². The van der Waals surface area contributed by atoms with Crippen molar-refractivity contribution in [3.05, 3.63) is 82.3 Å². The lowest BCUT2D eigenvalue weighted by Gasteiger charge is -2.18. The van der Waals surface area contributed by atoms with Crippen LogP contribution in [0.2, 0.25) is 0 Å². The van der Waals surface area contributed by atoms with Crippen molar-refractivity contribution in [3.8, 4) is 11.5 Å². The maximum absolute atomic E-state index is 13.1. The van der Waals surface area contributed by atoms with Gasteiger partial charge in [-0.2, -0.15) is 5.10 Å². The highest BCUT2D eigenvalue weighted by Gasteiger charge is 2.25. The molecule has 28 heavy (non-hydrogen) atoms. The normalized spacial score (nSPS) is 13.0. The third kappa shape index (κ3) is 2.11. The predicted octanol–water partition coefficient (Wildman–Crippen LogP) is 3.35. The molecule has 0 fully saturated rings. The van der Waals surface area contributed by atoms with Crippen LogP contribution < -0.4 is 5.56 Å². The van der Waals surface area contributed by atoms with E-state index in [1.54, 1.807) is 10.8 Å². The Morgan fingerprint density at radius 1 is 1.00 bits per heavy atom. The molecular weight excluding hydrogens is 350 g/mol. The summed E-state index contributed by atoms with van der Waals surface area (Å²) in [7, 11) is 0. The number of rotatable bonds is 2. The van der Waals surface area contributed by atoms with Crippen LogP contribution in [-0.4, -0.2) is 24.3 Å². The van der Waals surface area contributed by atoms with E-state index < -0.39 is 0 Å². The minimum Gasteiger partial charge on any atom is -0.352 e. The maximum atomic E-state index is 13.1. The fourth-order valence-electron chi connectivity index (χ4n) is 4.19. The second kappa shape index (κ2) is 5.66. The van der Waals surface area contributed by atoms with E-state index in [1.807, 2.05) is 35.0 Å². The van der Waals surface area contributed by atoms with Crippen LogP contribution in [0.4, 0.5) is 0 Å². The van der Waals surface area contributed by atoms with Crippen LogP contribution in [0, 0.1) is 0 Å². The topological polar surface area (TPSA) is 68.5 Å². The molecule has 1 aliphatic heterocycles. The van der Waals surface area contributed by atoms with Gasteiger partial charge in [0.15, 0.2) is 11.5 Å². The molecule has 2 aromatic carbocycles. The third-order valence-electron chi connectivity index (χ3n) is 5.55. The van der Waals surface area contributed by atoms with Gasteiger partial charge in [-0.05, 0) is 23.6 Å². The number of H-pyrrole nitrogens is 1. The minimum absolute atomic E-state index is 0.0244. The molecule has 6 nitrogen and oxygen atoms in total. The first kappa shape index (κ1) is 15.4. The summed E-state index contributed by atoms with van der Waals surface area (Å²) in [6.45, 7) is 1.22. The minimum atomic E-state index is -0.0244. The van der Waals surface area contributed by atoms with Crippen molar-refractivity contribution in [1.82, 2.24) is 24.3 Å². The number of nitrogens with one attached hydrogen (secondary N) is 1. The van der Waals surface area contributed by atoms with Gasteiger partial charge in [0.2, 0.25) is 0 Å². The fraction of sp³-hybridized carbons (Fsp3) is 0.136. The molecule has 0 unspecified atom stereocenters. The molecule has 4 heterocycles. The van der Waals surface area contributed by atoms with Crippen LogP contribution in [0.3, 0.4) is 0 Å². The summed E-state index contributed by atoms with van der Waals surface area (Å²) in [5.74, 6) is 0.699. The maximum Gasteiger partial charge on any atom is 0.264 e. The number of para-hydroxylation sites is 1. The van der Waals surface area contributed by atoms with Gasteiger partial charge in [-0.25, -0.2) is 9.67 Å². The molecule has 0 aliphatic carbocycles. The third-order valence-corrected chi connectivity index (χ3v) is 5.55. The standard InChI is InChI=1S/C22H17N5O/c28-22-17-12-23-27(13-14-6-2-1-3-7-14)20(17)25-21-19-16(10-11-26(21)22)15-8-4-5-9-18(15)24-19/h1-9,12,24H,10-11,13H2. The summed E-state index contributed by atoms with van der Waals surface area (Å²) in [4.78, 5) is 21.5. The van der Waals surface area contributed by atoms with E-state index in [4.69, 9.17) is 4.98 Å². The van der Waals surface area contributed by atoms with Crippen molar-refractivity contribution in [2.45, 2.75) is 19.5 Å². The zero-order valence-corrected chi connectivity index (χ0v) is 15.1. The van der Waals surface area contributed by atoms with Gasteiger partial charge >= 0.3 is 0 Å². The highest BCUT2D eigenvalue weighted by atomic mass is 16.1. The van der Waals surface area contributed by atoms with Crippen LogP contribution in [0.25, 0.3) is 33.5 Å². The highest BCUT2D eigenvalue weighted by molar-refractivity contribution is 5.91. The number of aryl methyl sites for hydroxylation is 1. The first-order valence-corrected chi connectivity index (χ1v) is 9.40. The first-order chi connectivity index (χ1) is 13.8. The van der Waals surface area contributed by atoms with Gasteiger partial charge in [-0.1, -0.05) is 48.5 Å². The molecule has 0 atom stereocenters. The van der Waals surface area contributed by atoms with E-state index in [2.05, 4.69) is 34.3 Å². The average molecular weight is 367 g/mol. The Morgan fingerprint density at radius 3 is 2.71 bits per heavy atom. The highest BCUT2D eigenvalue weighted by Crippen LogP contribution is 2.33. The van der Waals surface area contributed by atoms with Crippen molar-refractivity contribution in [2.75, 3.05) is 0 Å². The summed E-state index contributed by atoms with van der Waals surface area (Å²) < 4.78 is 3.58. The molecule has 0 bridgehead atoms. The molecule has 1 aliphatic rings. The molecule has 0 saturated carbocycles. The lowest BCUT2D eigenvalue weighted by atomic mass is 10.0. The molecule has 6 rings (SSSR count). The summed E-state index contributed by atoms with van der Waals surface area (Å²) >= 11 is 0. The Labute approximate surface area is 160 Å². The average Bonchev–Trinajstić information content (AvgIpc) is 3.31. The lowest BCUT2D eigenvalue weighted by molar-refractivity contribution is 0.647.